The molecule has 0 atom stereocenters. The third-order valence-corrected chi connectivity index (χ3v) is 6.34. The van der Waals surface area contributed by atoms with Crippen LogP contribution in [-0.2, 0) is 0 Å². The molecule has 6 rings (SSSR count). The number of hydrogen-bond acceptors (Lipinski definition) is 2. The molecule has 0 amide bonds. The molecule has 6 aromatic carbocycles. The Hall–Kier alpha value is -4.08. The average molecular weight is 423 g/mol. The highest BCUT2D eigenvalue weighted by atomic mass is 16.5. The van der Waals surface area contributed by atoms with Crippen molar-refractivity contribution in [2.24, 2.45) is 0 Å². The van der Waals surface area contributed by atoms with Gasteiger partial charge in [0.05, 0.1) is 0 Å². The van der Waals surface area contributed by atoms with Gasteiger partial charge in [-0.05, 0) is 61.1 Å². The monoisotopic (exact) mass is 423 g/mol. The summed E-state index contributed by atoms with van der Waals surface area (Å²) in [6.07, 6.45) is 0. The third-order valence-electron chi connectivity index (χ3n) is 6.34. The average Bonchev–Trinajstić information content (AvgIpc) is 2.89. The van der Waals surface area contributed by atoms with Crippen molar-refractivity contribution in [1.82, 2.24) is 0 Å². The fraction of sp³-hybridized carbons (Fsp3) is 0. The smallest absolute Gasteiger partial charge is 0.537 e. The van der Waals surface area contributed by atoms with E-state index in [-0.39, 0.29) is 0 Å². The molecule has 0 bridgehead atoms. The van der Waals surface area contributed by atoms with Crippen LogP contribution >= 0.6 is 0 Å². The maximum atomic E-state index is 9.24. The second-order valence-corrected chi connectivity index (χ2v) is 8.12. The number of benzene rings is 6. The molecule has 1 N–H and O–H groups in total. The van der Waals surface area contributed by atoms with Crippen LogP contribution in [0.3, 0.4) is 0 Å². The lowest BCUT2D eigenvalue weighted by molar-refractivity contribution is 0.455. The van der Waals surface area contributed by atoms with Crippen LogP contribution in [0.15, 0.2) is 115 Å². The lowest BCUT2D eigenvalue weighted by atomic mass is 9.89. The quantitative estimate of drug-likeness (QED) is 0.237. The molecule has 0 fully saturated rings. The second kappa shape index (κ2) is 8.12. The molecule has 33 heavy (non-hydrogen) atoms. The van der Waals surface area contributed by atoms with Crippen molar-refractivity contribution >= 4 is 40.0 Å². The molecular weight excluding hydrogens is 403 g/mol. The first-order valence-corrected chi connectivity index (χ1v) is 11.0. The molecule has 0 unspecified atom stereocenters. The zero-order valence-electron chi connectivity index (χ0n) is 17.9. The first kappa shape index (κ1) is 19.6. The van der Waals surface area contributed by atoms with Crippen LogP contribution < -0.4 is 4.65 Å². The van der Waals surface area contributed by atoms with E-state index in [1.165, 1.54) is 32.3 Å². The van der Waals surface area contributed by atoms with Gasteiger partial charge >= 0.3 is 7.69 Å². The Bertz CT molecular complexity index is 1600. The number of rotatable bonds is 4. The minimum Gasteiger partial charge on any atom is -0.537 e. The molecule has 0 saturated heterocycles. The van der Waals surface area contributed by atoms with Crippen molar-refractivity contribution < 1.29 is 9.68 Å². The lowest BCUT2D eigenvalue weighted by Crippen LogP contribution is -2.01. The largest absolute Gasteiger partial charge is 0.569 e. The molecule has 0 saturated carbocycles. The predicted molar refractivity (Wildman–Crippen MR) is 138 cm³/mol. The Labute approximate surface area is 193 Å². The van der Waals surface area contributed by atoms with Crippen molar-refractivity contribution in [3.8, 4) is 28.0 Å². The van der Waals surface area contributed by atoms with E-state index in [9.17, 15) is 5.02 Å². The van der Waals surface area contributed by atoms with E-state index in [1.807, 2.05) is 30.3 Å². The van der Waals surface area contributed by atoms with Crippen molar-refractivity contribution in [3.63, 3.8) is 0 Å². The van der Waals surface area contributed by atoms with Crippen molar-refractivity contribution in [2.75, 3.05) is 0 Å². The van der Waals surface area contributed by atoms with E-state index in [0.29, 0.717) is 5.75 Å². The number of para-hydroxylation sites is 1. The summed E-state index contributed by atoms with van der Waals surface area (Å²) in [7, 11) is 0.731. The first-order chi connectivity index (χ1) is 16.3. The molecular formula is C30H20BO2. The maximum absolute atomic E-state index is 9.24. The standard InChI is InChI=1S/C30H20BO2/c32-31-33-30-16-8-7-15-28(30)22-10-2-1-9-21(22)20-17-18-27-25-13-4-3-11-23(25)24-12-5-6-14-26(24)29(27)19-20/h1-19,32H. The van der Waals surface area contributed by atoms with E-state index >= 15 is 0 Å². The minimum absolute atomic E-state index is 0.615. The van der Waals surface area contributed by atoms with Gasteiger partial charge in [0.25, 0.3) is 0 Å². The fourth-order valence-electron chi connectivity index (χ4n) is 4.89. The number of hydrogen-bond donors (Lipinski definition) is 1. The van der Waals surface area contributed by atoms with Crippen molar-refractivity contribution in [2.45, 2.75) is 0 Å². The van der Waals surface area contributed by atoms with Gasteiger partial charge in [0.15, 0.2) is 0 Å². The maximum Gasteiger partial charge on any atom is 0.569 e. The van der Waals surface area contributed by atoms with E-state index in [2.05, 4.69) is 84.9 Å². The van der Waals surface area contributed by atoms with Crippen LogP contribution in [-0.4, -0.2) is 12.7 Å². The molecule has 0 aliphatic carbocycles. The molecule has 0 spiro atoms. The molecule has 6 aromatic rings. The summed E-state index contributed by atoms with van der Waals surface area (Å²) >= 11 is 0. The first-order valence-electron chi connectivity index (χ1n) is 11.0. The fourth-order valence-corrected chi connectivity index (χ4v) is 4.89. The van der Waals surface area contributed by atoms with Crippen LogP contribution in [0.2, 0.25) is 0 Å². The van der Waals surface area contributed by atoms with Gasteiger partial charge in [-0.3, -0.25) is 0 Å². The molecule has 2 nitrogen and oxygen atoms in total. The van der Waals surface area contributed by atoms with E-state index in [0.717, 1.165) is 29.9 Å². The lowest BCUT2D eigenvalue weighted by Gasteiger charge is -2.16. The zero-order chi connectivity index (χ0) is 22.2. The van der Waals surface area contributed by atoms with Gasteiger partial charge in [-0.2, -0.15) is 0 Å². The summed E-state index contributed by atoms with van der Waals surface area (Å²) < 4.78 is 5.39. The summed E-state index contributed by atoms with van der Waals surface area (Å²) in [5, 5.41) is 16.8. The Morgan fingerprint density at radius 3 is 1.58 bits per heavy atom. The van der Waals surface area contributed by atoms with Gasteiger partial charge < -0.3 is 9.68 Å². The van der Waals surface area contributed by atoms with E-state index in [4.69, 9.17) is 4.65 Å². The molecule has 0 aromatic heterocycles. The topological polar surface area (TPSA) is 29.5 Å². The van der Waals surface area contributed by atoms with Crippen molar-refractivity contribution in [3.05, 3.63) is 115 Å². The molecule has 0 heterocycles. The van der Waals surface area contributed by atoms with Crippen LogP contribution in [0.1, 0.15) is 0 Å². The van der Waals surface area contributed by atoms with Crippen molar-refractivity contribution in [1.29, 1.82) is 0 Å². The Kier molecular flexibility index (Phi) is 4.82. The molecule has 155 valence electrons. The highest BCUT2D eigenvalue weighted by Gasteiger charge is 2.14. The van der Waals surface area contributed by atoms with Gasteiger partial charge in [-0.25, -0.2) is 0 Å². The summed E-state index contributed by atoms with van der Waals surface area (Å²) in [5.41, 5.74) is 4.24. The van der Waals surface area contributed by atoms with Crippen LogP contribution in [0.25, 0.3) is 54.6 Å². The molecule has 0 aliphatic heterocycles. The Morgan fingerprint density at radius 2 is 0.939 bits per heavy atom. The third kappa shape index (κ3) is 3.26. The van der Waals surface area contributed by atoms with Gasteiger partial charge in [0, 0.05) is 5.56 Å². The Balaban J connectivity index is 1.64. The van der Waals surface area contributed by atoms with E-state index < -0.39 is 0 Å². The van der Waals surface area contributed by atoms with Crippen LogP contribution in [0, 0.1) is 0 Å². The number of fused-ring (bicyclic) bond motifs is 6. The molecule has 3 heteroatoms. The summed E-state index contributed by atoms with van der Waals surface area (Å²) in [4.78, 5) is 0. The second-order valence-electron chi connectivity index (χ2n) is 8.12. The molecule has 0 aliphatic rings. The normalized spacial score (nSPS) is 11.2. The van der Waals surface area contributed by atoms with Gasteiger partial charge in [0.2, 0.25) is 0 Å². The van der Waals surface area contributed by atoms with Crippen LogP contribution in [0.4, 0.5) is 0 Å². The van der Waals surface area contributed by atoms with Gasteiger partial charge in [0.1, 0.15) is 5.75 Å². The van der Waals surface area contributed by atoms with Gasteiger partial charge in [-0.15, -0.1) is 0 Å². The SMILES string of the molecule is O[B]Oc1ccccc1-c1ccccc1-c1ccc2c3ccccc3c3ccccc3c2c1. The van der Waals surface area contributed by atoms with Crippen LogP contribution in [0.5, 0.6) is 5.75 Å². The summed E-state index contributed by atoms with van der Waals surface area (Å²) in [6, 6.07) is 40.1. The summed E-state index contributed by atoms with van der Waals surface area (Å²) in [6.45, 7) is 0. The zero-order valence-corrected chi connectivity index (χ0v) is 17.9. The van der Waals surface area contributed by atoms with Gasteiger partial charge in [-0.1, -0.05) is 103 Å². The minimum atomic E-state index is 0.615. The predicted octanol–water partition coefficient (Wildman–Crippen LogP) is 7.39. The summed E-state index contributed by atoms with van der Waals surface area (Å²) in [5.74, 6) is 0.615. The Morgan fingerprint density at radius 1 is 0.455 bits per heavy atom. The molecule has 1 radical (unpaired) electrons. The van der Waals surface area contributed by atoms with E-state index in [1.54, 1.807) is 0 Å². The highest BCUT2D eigenvalue weighted by Crippen LogP contribution is 2.40. The highest BCUT2D eigenvalue weighted by molar-refractivity contribution is 6.25.